The van der Waals surface area contributed by atoms with Gasteiger partial charge in [-0.25, -0.2) is 0 Å². The molecule has 1 atom stereocenters. The number of hydrogen-bond donors (Lipinski definition) is 1. The van der Waals surface area contributed by atoms with Gasteiger partial charge < -0.3 is 10.1 Å². The summed E-state index contributed by atoms with van der Waals surface area (Å²) in [5, 5.41) is 14.5. The topological polar surface area (TPSA) is 64.4 Å². The van der Waals surface area contributed by atoms with E-state index in [1.807, 2.05) is 6.07 Å². The SMILES string of the molecule is COc1ccc(CNC(C)c2cc(C)sc2C)cc1[N+](=O)[O-]. The molecular formula is C16H20N2O3S. The van der Waals surface area contributed by atoms with Crippen LogP contribution in [0, 0.1) is 24.0 Å². The van der Waals surface area contributed by atoms with E-state index < -0.39 is 4.92 Å². The predicted octanol–water partition coefficient (Wildman–Crippen LogP) is 4.13. The van der Waals surface area contributed by atoms with Gasteiger partial charge in [0.05, 0.1) is 12.0 Å². The third kappa shape index (κ3) is 3.64. The number of benzene rings is 1. The van der Waals surface area contributed by atoms with Crippen LogP contribution in [0.4, 0.5) is 5.69 Å². The number of thiophene rings is 1. The maximum absolute atomic E-state index is 11.0. The molecule has 0 radical (unpaired) electrons. The van der Waals surface area contributed by atoms with E-state index in [-0.39, 0.29) is 17.5 Å². The van der Waals surface area contributed by atoms with Gasteiger partial charge in [0.15, 0.2) is 5.75 Å². The Hall–Kier alpha value is -1.92. The molecular weight excluding hydrogens is 300 g/mol. The van der Waals surface area contributed by atoms with Crippen molar-refractivity contribution in [3.63, 3.8) is 0 Å². The maximum atomic E-state index is 11.0. The van der Waals surface area contributed by atoms with Gasteiger partial charge in [-0.1, -0.05) is 6.07 Å². The number of ether oxygens (including phenoxy) is 1. The molecule has 0 spiro atoms. The van der Waals surface area contributed by atoms with Crippen molar-refractivity contribution in [2.45, 2.75) is 33.4 Å². The van der Waals surface area contributed by atoms with E-state index in [4.69, 9.17) is 4.74 Å². The highest BCUT2D eigenvalue weighted by atomic mass is 32.1. The molecule has 5 nitrogen and oxygen atoms in total. The summed E-state index contributed by atoms with van der Waals surface area (Å²) in [4.78, 5) is 13.2. The van der Waals surface area contributed by atoms with E-state index in [0.717, 1.165) is 5.56 Å². The molecule has 0 bridgehead atoms. The van der Waals surface area contributed by atoms with Crippen LogP contribution in [0.2, 0.25) is 0 Å². The van der Waals surface area contributed by atoms with Gasteiger partial charge in [-0.05, 0) is 44.0 Å². The highest BCUT2D eigenvalue weighted by molar-refractivity contribution is 7.12. The van der Waals surface area contributed by atoms with E-state index in [1.54, 1.807) is 23.5 Å². The number of hydrogen-bond acceptors (Lipinski definition) is 5. The fourth-order valence-corrected chi connectivity index (χ4v) is 3.47. The predicted molar refractivity (Wildman–Crippen MR) is 88.7 cm³/mol. The molecule has 1 aromatic carbocycles. The zero-order valence-corrected chi connectivity index (χ0v) is 14.0. The first-order valence-electron chi connectivity index (χ1n) is 7.04. The van der Waals surface area contributed by atoms with Crippen LogP contribution in [0.5, 0.6) is 5.75 Å². The quantitative estimate of drug-likeness (QED) is 0.642. The summed E-state index contributed by atoms with van der Waals surface area (Å²) < 4.78 is 5.01. The number of nitro benzene ring substituents is 1. The molecule has 0 fully saturated rings. The summed E-state index contributed by atoms with van der Waals surface area (Å²) in [6, 6.07) is 7.43. The van der Waals surface area contributed by atoms with Gasteiger partial charge in [-0.15, -0.1) is 11.3 Å². The number of nitrogens with one attached hydrogen (secondary N) is 1. The van der Waals surface area contributed by atoms with Gasteiger partial charge in [0.2, 0.25) is 0 Å². The Morgan fingerprint density at radius 3 is 2.64 bits per heavy atom. The molecule has 0 amide bonds. The standard InChI is InChI=1S/C16H20N2O3S/c1-10-7-14(12(3)22-10)11(2)17-9-13-5-6-16(21-4)15(8-13)18(19)20/h5-8,11,17H,9H2,1-4H3. The molecule has 1 aromatic heterocycles. The van der Waals surface area contributed by atoms with Gasteiger partial charge in [-0.2, -0.15) is 0 Å². The summed E-state index contributed by atoms with van der Waals surface area (Å²) in [6.45, 7) is 6.89. The molecule has 6 heteroatoms. The van der Waals surface area contributed by atoms with Gasteiger partial charge in [0.25, 0.3) is 0 Å². The number of aryl methyl sites for hydroxylation is 2. The van der Waals surface area contributed by atoms with E-state index in [0.29, 0.717) is 6.54 Å². The van der Waals surface area contributed by atoms with E-state index in [9.17, 15) is 10.1 Å². The van der Waals surface area contributed by atoms with Crippen molar-refractivity contribution >= 4 is 17.0 Å². The molecule has 0 aliphatic rings. The second-order valence-corrected chi connectivity index (χ2v) is 6.69. The average Bonchev–Trinajstić information content (AvgIpc) is 2.83. The zero-order valence-electron chi connectivity index (χ0n) is 13.2. The van der Waals surface area contributed by atoms with Gasteiger partial charge in [0, 0.05) is 28.4 Å². The van der Waals surface area contributed by atoms with Crippen LogP contribution >= 0.6 is 11.3 Å². The van der Waals surface area contributed by atoms with Crippen LogP contribution in [0.15, 0.2) is 24.3 Å². The monoisotopic (exact) mass is 320 g/mol. The Morgan fingerprint density at radius 2 is 2.09 bits per heavy atom. The first kappa shape index (κ1) is 16.5. The second-order valence-electron chi connectivity index (χ2n) is 5.23. The van der Waals surface area contributed by atoms with Gasteiger partial charge in [-0.3, -0.25) is 10.1 Å². The molecule has 1 N–H and O–H groups in total. The lowest BCUT2D eigenvalue weighted by Gasteiger charge is -2.14. The minimum absolute atomic E-state index is 0.00277. The average molecular weight is 320 g/mol. The second kappa shape index (κ2) is 6.89. The van der Waals surface area contributed by atoms with E-state index in [1.165, 1.54) is 22.4 Å². The van der Waals surface area contributed by atoms with Crippen LogP contribution in [-0.4, -0.2) is 12.0 Å². The summed E-state index contributed by atoms with van der Waals surface area (Å²) in [6.07, 6.45) is 0. The number of methoxy groups -OCH3 is 1. The molecule has 0 aliphatic heterocycles. The summed E-state index contributed by atoms with van der Waals surface area (Å²) in [5.41, 5.74) is 2.14. The van der Waals surface area contributed by atoms with Crippen molar-refractivity contribution in [2.24, 2.45) is 0 Å². The largest absolute Gasteiger partial charge is 0.490 e. The molecule has 0 saturated carbocycles. The third-order valence-corrected chi connectivity index (χ3v) is 4.58. The lowest BCUT2D eigenvalue weighted by Crippen LogP contribution is -2.18. The van der Waals surface area contributed by atoms with Crippen LogP contribution in [0.25, 0.3) is 0 Å². The van der Waals surface area contributed by atoms with Crippen molar-refractivity contribution in [1.29, 1.82) is 0 Å². The summed E-state index contributed by atoms with van der Waals surface area (Å²) in [5.74, 6) is 0.283. The number of nitro groups is 1. The van der Waals surface area contributed by atoms with Crippen molar-refractivity contribution < 1.29 is 9.66 Å². The van der Waals surface area contributed by atoms with Crippen LogP contribution in [0.3, 0.4) is 0 Å². The molecule has 2 aromatic rings. The molecule has 1 heterocycles. The van der Waals surface area contributed by atoms with E-state index >= 15 is 0 Å². The minimum atomic E-state index is -0.419. The Bertz CT molecular complexity index is 682. The highest BCUT2D eigenvalue weighted by Gasteiger charge is 2.16. The fourth-order valence-electron chi connectivity index (χ4n) is 2.45. The fraction of sp³-hybridized carbons (Fsp3) is 0.375. The van der Waals surface area contributed by atoms with Crippen molar-refractivity contribution in [3.8, 4) is 5.75 Å². The molecule has 2 rings (SSSR count). The Labute approximate surface area is 134 Å². The lowest BCUT2D eigenvalue weighted by atomic mass is 10.1. The van der Waals surface area contributed by atoms with Crippen molar-refractivity contribution in [1.82, 2.24) is 5.32 Å². The smallest absolute Gasteiger partial charge is 0.311 e. The van der Waals surface area contributed by atoms with Crippen LogP contribution in [-0.2, 0) is 6.54 Å². The van der Waals surface area contributed by atoms with Gasteiger partial charge >= 0.3 is 5.69 Å². The molecule has 22 heavy (non-hydrogen) atoms. The van der Waals surface area contributed by atoms with Gasteiger partial charge in [0.1, 0.15) is 0 Å². The molecule has 0 aliphatic carbocycles. The summed E-state index contributed by atoms with van der Waals surface area (Å²) in [7, 11) is 1.43. The molecule has 0 saturated heterocycles. The number of rotatable bonds is 6. The normalized spacial score (nSPS) is 12.2. The third-order valence-electron chi connectivity index (χ3n) is 3.60. The van der Waals surface area contributed by atoms with Crippen molar-refractivity contribution in [2.75, 3.05) is 7.11 Å². The minimum Gasteiger partial charge on any atom is -0.490 e. The summed E-state index contributed by atoms with van der Waals surface area (Å²) >= 11 is 1.78. The molecule has 1 unspecified atom stereocenters. The van der Waals surface area contributed by atoms with E-state index in [2.05, 4.69) is 32.2 Å². The highest BCUT2D eigenvalue weighted by Crippen LogP contribution is 2.29. The number of nitrogens with zero attached hydrogens (tertiary/aromatic N) is 1. The van der Waals surface area contributed by atoms with Crippen molar-refractivity contribution in [3.05, 3.63) is 55.3 Å². The first-order chi connectivity index (χ1) is 10.4. The van der Waals surface area contributed by atoms with Crippen LogP contribution in [0.1, 0.15) is 33.8 Å². The Kier molecular flexibility index (Phi) is 5.15. The van der Waals surface area contributed by atoms with Crippen LogP contribution < -0.4 is 10.1 Å². The first-order valence-corrected chi connectivity index (χ1v) is 7.85. The Balaban J connectivity index is 2.10. The Morgan fingerprint density at radius 1 is 1.36 bits per heavy atom. The lowest BCUT2D eigenvalue weighted by molar-refractivity contribution is -0.385. The maximum Gasteiger partial charge on any atom is 0.311 e. The molecule has 118 valence electrons. The zero-order chi connectivity index (χ0) is 16.3.